The van der Waals surface area contributed by atoms with Gasteiger partial charge in [-0.3, -0.25) is 38.5 Å². The first-order chi connectivity index (χ1) is 24.9. The largest absolute Gasteiger partial charge is 0.366 e. The van der Waals surface area contributed by atoms with Crippen molar-refractivity contribution in [1.29, 1.82) is 0 Å². The van der Waals surface area contributed by atoms with Crippen LogP contribution in [-0.4, -0.2) is 80.0 Å². The van der Waals surface area contributed by atoms with Crippen LogP contribution in [0.4, 0.5) is 15.8 Å². The van der Waals surface area contributed by atoms with Gasteiger partial charge in [0, 0.05) is 32.6 Å². The third-order valence-electron chi connectivity index (χ3n) is 9.38. The Bertz CT molecular complexity index is 2230. The van der Waals surface area contributed by atoms with Crippen molar-refractivity contribution in [1.82, 2.24) is 15.1 Å². The lowest BCUT2D eigenvalue weighted by atomic mass is 10.0. The Morgan fingerprint density at radius 3 is 2.13 bits per heavy atom. The van der Waals surface area contributed by atoms with Gasteiger partial charge in [-0.25, -0.2) is 12.8 Å². The highest BCUT2D eigenvalue weighted by atomic mass is 35.5. The molecule has 4 aromatic carbocycles. The second-order valence-electron chi connectivity index (χ2n) is 12.6. The molecule has 3 aliphatic heterocycles. The zero-order valence-corrected chi connectivity index (χ0v) is 29.1. The summed E-state index contributed by atoms with van der Waals surface area (Å²) in [5, 5.41) is 2.19. The standard InChI is InChI=1S/C37H31ClFN5O7S/c38-29-12-11-25(52(50,51)43(24-9-5-2-6-10-24)22-23-7-3-1-4-8-23)19-28(29)35(47)42-17-15-41(16-18-42)32-21-27-26(20-30(32)39)36(48)44(37(27)49)31-13-14-33(45)40-34(31)46/h1-12,19-21,31H,13-18,22H2,(H,40,45,46). The number of benzene rings is 4. The summed E-state index contributed by atoms with van der Waals surface area (Å²) < 4.78 is 45.0. The van der Waals surface area contributed by atoms with E-state index in [0.29, 0.717) is 5.69 Å². The number of imide groups is 2. The number of carbonyl (C=O) groups excluding carboxylic acids is 5. The maximum atomic E-state index is 15.5. The molecule has 52 heavy (non-hydrogen) atoms. The van der Waals surface area contributed by atoms with E-state index in [1.807, 2.05) is 30.3 Å². The Hall–Kier alpha value is -5.60. The summed E-state index contributed by atoms with van der Waals surface area (Å²) >= 11 is 6.47. The van der Waals surface area contributed by atoms with Gasteiger partial charge in [0.05, 0.1) is 44.5 Å². The fourth-order valence-corrected chi connectivity index (χ4v) is 8.33. The highest BCUT2D eigenvalue weighted by Gasteiger charge is 2.45. The SMILES string of the molecule is O=C1CCC(N2C(=O)c3cc(F)c(N4CCN(C(=O)c5cc(S(=O)(=O)N(Cc6ccccc6)c6ccccc6)ccc5Cl)CC4)cc3C2=O)C(=O)N1. The van der Waals surface area contributed by atoms with Crippen molar-refractivity contribution in [3.05, 3.63) is 124 Å². The molecule has 15 heteroatoms. The number of carbonyl (C=O) groups is 5. The summed E-state index contributed by atoms with van der Waals surface area (Å²) in [5.41, 5.74) is 1.00. The first kappa shape index (κ1) is 34.8. The van der Waals surface area contributed by atoms with Crippen molar-refractivity contribution in [2.75, 3.05) is 35.4 Å². The van der Waals surface area contributed by atoms with E-state index < -0.39 is 51.4 Å². The quantitative estimate of drug-likeness (QED) is 0.264. The van der Waals surface area contributed by atoms with Crippen LogP contribution in [0.25, 0.3) is 0 Å². The molecule has 4 aromatic rings. The Morgan fingerprint density at radius 1 is 0.846 bits per heavy atom. The summed E-state index contributed by atoms with van der Waals surface area (Å²) in [6.45, 7) is 0.572. The molecule has 266 valence electrons. The molecule has 0 spiro atoms. The number of anilines is 2. The summed E-state index contributed by atoms with van der Waals surface area (Å²) in [4.78, 5) is 68.0. The molecule has 2 saturated heterocycles. The van der Waals surface area contributed by atoms with E-state index in [-0.39, 0.29) is 77.9 Å². The molecule has 0 bridgehead atoms. The molecule has 0 radical (unpaired) electrons. The predicted molar refractivity (Wildman–Crippen MR) is 189 cm³/mol. The van der Waals surface area contributed by atoms with E-state index in [0.717, 1.165) is 16.5 Å². The van der Waals surface area contributed by atoms with Crippen LogP contribution in [0.1, 0.15) is 49.5 Å². The van der Waals surface area contributed by atoms with Gasteiger partial charge in [-0.15, -0.1) is 0 Å². The highest BCUT2D eigenvalue weighted by molar-refractivity contribution is 7.92. The number of amides is 5. The second kappa shape index (κ2) is 13.8. The fraction of sp³-hybridized carbons (Fsp3) is 0.216. The van der Waals surface area contributed by atoms with Gasteiger partial charge < -0.3 is 9.80 Å². The number of nitrogens with zero attached hydrogens (tertiary/aromatic N) is 4. The summed E-state index contributed by atoms with van der Waals surface area (Å²) in [5.74, 6) is -4.11. The molecular weight excluding hydrogens is 713 g/mol. The number of nitrogens with one attached hydrogen (secondary N) is 1. The van der Waals surface area contributed by atoms with Gasteiger partial charge in [-0.2, -0.15) is 0 Å². The maximum Gasteiger partial charge on any atom is 0.264 e. The summed E-state index contributed by atoms with van der Waals surface area (Å²) in [7, 11) is -4.17. The molecule has 5 amide bonds. The number of hydrogen-bond donors (Lipinski definition) is 1. The van der Waals surface area contributed by atoms with Crippen LogP contribution in [-0.2, 0) is 26.2 Å². The van der Waals surface area contributed by atoms with Gasteiger partial charge in [0.25, 0.3) is 27.7 Å². The Balaban J connectivity index is 1.08. The first-order valence-electron chi connectivity index (χ1n) is 16.4. The van der Waals surface area contributed by atoms with Crippen molar-refractivity contribution < 1.29 is 36.8 Å². The molecule has 0 saturated carbocycles. The predicted octanol–water partition coefficient (Wildman–Crippen LogP) is 4.24. The topological polar surface area (TPSA) is 144 Å². The number of fused-ring (bicyclic) bond motifs is 1. The second-order valence-corrected chi connectivity index (χ2v) is 14.8. The van der Waals surface area contributed by atoms with Gasteiger partial charge in [-0.05, 0) is 54.4 Å². The molecule has 3 heterocycles. The first-order valence-corrected chi connectivity index (χ1v) is 18.3. The molecule has 0 aromatic heterocycles. The number of para-hydroxylation sites is 1. The third-order valence-corrected chi connectivity index (χ3v) is 11.5. The molecule has 7 rings (SSSR count). The number of hydrogen-bond acceptors (Lipinski definition) is 8. The van der Waals surface area contributed by atoms with Crippen molar-refractivity contribution in [2.24, 2.45) is 0 Å². The monoisotopic (exact) mass is 743 g/mol. The Kier molecular flexibility index (Phi) is 9.27. The van der Waals surface area contributed by atoms with Gasteiger partial charge in [0.2, 0.25) is 11.8 Å². The van der Waals surface area contributed by atoms with Crippen LogP contribution in [0, 0.1) is 5.82 Å². The van der Waals surface area contributed by atoms with Crippen molar-refractivity contribution in [3.63, 3.8) is 0 Å². The third kappa shape index (κ3) is 6.39. The minimum atomic E-state index is -4.17. The van der Waals surface area contributed by atoms with Gasteiger partial charge in [0.15, 0.2) is 0 Å². The zero-order chi connectivity index (χ0) is 36.7. The molecular formula is C37H31ClFN5O7S. The molecule has 1 unspecified atom stereocenters. The summed E-state index contributed by atoms with van der Waals surface area (Å²) in [6, 6.07) is 22.8. The average Bonchev–Trinajstić information content (AvgIpc) is 3.38. The average molecular weight is 744 g/mol. The van der Waals surface area contributed by atoms with Crippen LogP contribution in [0.15, 0.2) is 95.9 Å². The maximum absolute atomic E-state index is 15.5. The van der Waals surface area contributed by atoms with Crippen LogP contribution in [0.2, 0.25) is 5.02 Å². The van der Waals surface area contributed by atoms with E-state index in [1.54, 1.807) is 35.2 Å². The molecule has 2 fully saturated rings. The lowest BCUT2D eigenvalue weighted by Gasteiger charge is -2.36. The van der Waals surface area contributed by atoms with E-state index in [9.17, 15) is 32.4 Å². The molecule has 1 atom stereocenters. The van der Waals surface area contributed by atoms with Gasteiger partial charge in [0.1, 0.15) is 11.9 Å². The van der Waals surface area contributed by atoms with Crippen LogP contribution < -0.4 is 14.5 Å². The number of piperazine rings is 1. The number of halogens is 2. The van der Waals surface area contributed by atoms with Gasteiger partial charge >= 0.3 is 0 Å². The minimum absolute atomic E-state index is 0.00900. The van der Waals surface area contributed by atoms with Crippen molar-refractivity contribution >= 4 is 62.5 Å². The van der Waals surface area contributed by atoms with Crippen LogP contribution >= 0.6 is 11.6 Å². The number of rotatable bonds is 8. The normalized spacial score (nSPS) is 17.7. The van der Waals surface area contributed by atoms with Crippen LogP contribution in [0.3, 0.4) is 0 Å². The molecule has 1 N–H and O–H groups in total. The molecule has 3 aliphatic rings. The van der Waals surface area contributed by atoms with Gasteiger partial charge in [-0.1, -0.05) is 60.1 Å². The van der Waals surface area contributed by atoms with E-state index in [4.69, 9.17) is 11.6 Å². The lowest BCUT2D eigenvalue weighted by molar-refractivity contribution is -0.136. The Labute approximate surface area is 303 Å². The minimum Gasteiger partial charge on any atom is -0.366 e. The zero-order valence-electron chi connectivity index (χ0n) is 27.5. The van der Waals surface area contributed by atoms with E-state index >= 15 is 4.39 Å². The van der Waals surface area contributed by atoms with Crippen LogP contribution in [0.5, 0.6) is 0 Å². The Morgan fingerprint density at radius 2 is 1.48 bits per heavy atom. The molecule has 0 aliphatic carbocycles. The van der Waals surface area contributed by atoms with Crippen molar-refractivity contribution in [2.45, 2.75) is 30.3 Å². The van der Waals surface area contributed by atoms with E-state index in [2.05, 4.69) is 5.32 Å². The lowest BCUT2D eigenvalue weighted by Crippen LogP contribution is -2.54. The number of sulfonamides is 1. The van der Waals surface area contributed by atoms with Crippen molar-refractivity contribution in [3.8, 4) is 0 Å². The fourth-order valence-electron chi connectivity index (χ4n) is 6.66. The smallest absolute Gasteiger partial charge is 0.264 e. The highest BCUT2D eigenvalue weighted by Crippen LogP contribution is 2.34. The molecule has 12 nitrogen and oxygen atoms in total. The van der Waals surface area contributed by atoms with E-state index in [1.165, 1.54) is 33.5 Å². The summed E-state index contributed by atoms with van der Waals surface area (Å²) in [6.07, 6.45) is -0.0720. The number of piperidine rings is 1.